The lowest BCUT2D eigenvalue weighted by Gasteiger charge is -2.09. The maximum absolute atomic E-state index is 10.9. The molecule has 0 saturated carbocycles. The summed E-state index contributed by atoms with van der Waals surface area (Å²) in [4.78, 5) is 21.6. The average molecular weight is 275 g/mol. The summed E-state index contributed by atoms with van der Waals surface area (Å²) in [5.41, 5.74) is 2.89. The number of carbonyl (C=O) groups is 2. The average Bonchev–Trinajstić information content (AvgIpc) is 2.41. The van der Waals surface area contributed by atoms with Gasteiger partial charge < -0.3 is 9.84 Å². The fourth-order valence-electron chi connectivity index (χ4n) is 1.18. The van der Waals surface area contributed by atoms with Crippen LogP contribution in [0.5, 0.6) is 5.75 Å². The molecule has 0 aliphatic rings. The zero-order valence-electron chi connectivity index (χ0n) is 10.7. The van der Waals surface area contributed by atoms with Gasteiger partial charge in [0.05, 0.1) is 12.3 Å². The van der Waals surface area contributed by atoms with Gasteiger partial charge in [-0.15, -0.1) is 0 Å². The van der Waals surface area contributed by atoms with Crippen molar-refractivity contribution in [2.75, 3.05) is 0 Å². The molecule has 0 spiro atoms. The molecule has 0 aliphatic heterocycles. The molecule has 1 rings (SSSR count). The summed E-state index contributed by atoms with van der Waals surface area (Å²) < 4.78 is 5.16. The summed E-state index contributed by atoms with van der Waals surface area (Å²) in [6.45, 7) is 1.43. The van der Waals surface area contributed by atoms with E-state index in [1.165, 1.54) is 13.1 Å². The fourth-order valence-corrected chi connectivity index (χ4v) is 1.18. The van der Waals surface area contributed by atoms with E-state index in [0.29, 0.717) is 11.3 Å². The Morgan fingerprint density at radius 3 is 2.70 bits per heavy atom. The highest BCUT2D eigenvalue weighted by atomic mass is 16.5. The molecule has 0 aromatic heterocycles. The van der Waals surface area contributed by atoms with E-state index in [1.54, 1.807) is 30.3 Å². The highest BCUT2D eigenvalue weighted by molar-refractivity contribution is 5.83. The van der Waals surface area contributed by atoms with Gasteiger partial charge in [0, 0.05) is 0 Å². The van der Waals surface area contributed by atoms with Gasteiger partial charge >= 0.3 is 5.97 Å². The number of nitrogens with one attached hydrogen (secondary N) is 1. The second-order valence-corrected chi connectivity index (χ2v) is 3.80. The number of ether oxygens (including phenoxy) is 1. The van der Waals surface area contributed by atoms with Gasteiger partial charge in [-0.2, -0.15) is 10.4 Å². The number of benzene rings is 1. The van der Waals surface area contributed by atoms with Crippen molar-refractivity contribution in [3.63, 3.8) is 0 Å². The Bertz CT molecular complexity index is 546. The third-order valence-corrected chi connectivity index (χ3v) is 2.18. The standard InChI is InChI=1S/C13H13N3O4/c1-9(13(18)19)20-11-4-2-10(3-5-11)8-15-16-12(17)6-7-14/h2-5,8-9H,6H2,1H3,(H,16,17)(H,18,19)/b15-8-/t9-/m1/s1. The van der Waals surface area contributed by atoms with Crippen molar-refractivity contribution in [1.29, 1.82) is 5.26 Å². The molecule has 0 aliphatic carbocycles. The minimum absolute atomic E-state index is 0.253. The quantitative estimate of drug-likeness (QED) is 0.591. The van der Waals surface area contributed by atoms with Crippen LogP contribution in [0.4, 0.5) is 0 Å². The lowest BCUT2D eigenvalue weighted by Crippen LogP contribution is -2.22. The number of carboxylic acids is 1. The van der Waals surface area contributed by atoms with Crippen molar-refractivity contribution < 1.29 is 19.4 Å². The Kier molecular flexibility index (Phi) is 5.72. The third kappa shape index (κ3) is 5.18. The zero-order valence-corrected chi connectivity index (χ0v) is 10.7. The van der Waals surface area contributed by atoms with Gasteiger partial charge in [-0.05, 0) is 36.8 Å². The smallest absolute Gasteiger partial charge is 0.344 e. The SMILES string of the molecule is C[C@@H](Oc1ccc(/C=N\NC(=O)CC#N)cc1)C(=O)O. The Morgan fingerprint density at radius 1 is 1.50 bits per heavy atom. The highest BCUT2D eigenvalue weighted by Crippen LogP contribution is 2.13. The normalized spacial score (nSPS) is 11.6. The lowest BCUT2D eigenvalue weighted by molar-refractivity contribution is -0.144. The molecule has 0 fully saturated rings. The molecule has 0 unspecified atom stereocenters. The summed E-state index contributed by atoms with van der Waals surface area (Å²) >= 11 is 0. The van der Waals surface area contributed by atoms with Crippen LogP contribution in [0, 0.1) is 11.3 Å². The zero-order chi connectivity index (χ0) is 15.0. The molecule has 0 radical (unpaired) electrons. The predicted octanol–water partition coefficient (Wildman–Crippen LogP) is 0.902. The number of nitriles is 1. The number of hydrogen-bond acceptors (Lipinski definition) is 5. The van der Waals surface area contributed by atoms with E-state index in [2.05, 4.69) is 10.5 Å². The fraction of sp³-hybridized carbons (Fsp3) is 0.231. The molecular formula is C13H13N3O4. The van der Waals surface area contributed by atoms with E-state index in [1.807, 2.05) is 0 Å². The first-order chi connectivity index (χ1) is 9.52. The summed E-state index contributed by atoms with van der Waals surface area (Å²) in [6, 6.07) is 8.20. The van der Waals surface area contributed by atoms with Crippen molar-refractivity contribution in [3.8, 4) is 11.8 Å². The molecule has 7 heteroatoms. The topological polar surface area (TPSA) is 112 Å². The van der Waals surface area contributed by atoms with Crippen LogP contribution in [0.3, 0.4) is 0 Å². The second kappa shape index (κ2) is 7.53. The van der Waals surface area contributed by atoms with Gasteiger partial charge in [-0.25, -0.2) is 10.2 Å². The number of hydrogen-bond donors (Lipinski definition) is 2. The largest absolute Gasteiger partial charge is 0.479 e. The summed E-state index contributed by atoms with van der Waals surface area (Å²) in [5.74, 6) is -1.11. The third-order valence-electron chi connectivity index (χ3n) is 2.18. The Labute approximate surface area is 115 Å². The van der Waals surface area contributed by atoms with Crippen LogP contribution in [0.15, 0.2) is 29.4 Å². The molecule has 1 aromatic carbocycles. The van der Waals surface area contributed by atoms with Crippen molar-refractivity contribution in [3.05, 3.63) is 29.8 Å². The molecule has 20 heavy (non-hydrogen) atoms. The first-order valence-electron chi connectivity index (χ1n) is 5.71. The second-order valence-electron chi connectivity index (χ2n) is 3.80. The number of carboxylic acid groups (broad SMARTS) is 1. The Morgan fingerprint density at radius 2 is 2.15 bits per heavy atom. The van der Waals surface area contributed by atoms with Gasteiger partial charge in [0.15, 0.2) is 6.10 Å². The lowest BCUT2D eigenvalue weighted by atomic mass is 10.2. The summed E-state index contributed by atoms with van der Waals surface area (Å²) in [6.07, 6.45) is 0.219. The first kappa shape index (κ1) is 15.2. The molecule has 0 heterocycles. The first-order valence-corrected chi connectivity index (χ1v) is 5.71. The molecule has 104 valence electrons. The van der Waals surface area contributed by atoms with Crippen LogP contribution in [-0.2, 0) is 9.59 Å². The molecular weight excluding hydrogens is 262 g/mol. The van der Waals surface area contributed by atoms with Gasteiger partial charge in [0.2, 0.25) is 0 Å². The van der Waals surface area contributed by atoms with Gasteiger partial charge in [-0.1, -0.05) is 0 Å². The maximum Gasteiger partial charge on any atom is 0.344 e. The number of aliphatic carboxylic acids is 1. The van der Waals surface area contributed by atoms with E-state index in [-0.39, 0.29) is 6.42 Å². The number of nitrogens with zero attached hydrogens (tertiary/aromatic N) is 2. The molecule has 0 bridgehead atoms. The van der Waals surface area contributed by atoms with Gasteiger partial charge in [-0.3, -0.25) is 4.79 Å². The van der Waals surface area contributed by atoms with E-state index < -0.39 is 18.0 Å². The molecule has 1 amide bonds. The minimum Gasteiger partial charge on any atom is -0.479 e. The van der Waals surface area contributed by atoms with Crippen LogP contribution < -0.4 is 10.2 Å². The summed E-state index contributed by atoms with van der Waals surface area (Å²) in [5, 5.41) is 20.6. The molecule has 1 atom stereocenters. The van der Waals surface area contributed by atoms with Crippen LogP contribution in [0.1, 0.15) is 18.9 Å². The molecule has 0 saturated heterocycles. The van der Waals surface area contributed by atoms with Gasteiger partial charge in [0.1, 0.15) is 12.2 Å². The number of amides is 1. The van der Waals surface area contributed by atoms with Crippen molar-refractivity contribution in [1.82, 2.24) is 5.43 Å². The summed E-state index contributed by atoms with van der Waals surface area (Å²) in [7, 11) is 0. The Balaban J connectivity index is 2.54. The van der Waals surface area contributed by atoms with Crippen LogP contribution in [0.2, 0.25) is 0 Å². The highest BCUT2D eigenvalue weighted by Gasteiger charge is 2.11. The van der Waals surface area contributed by atoms with Crippen LogP contribution >= 0.6 is 0 Å². The molecule has 1 aromatic rings. The van der Waals surface area contributed by atoms with Crippen LogP contribution in [-0.4, -0.2) is 29.3 Å². The van der Waals surface area contributed by atoms with Gasteiger partial charge in [0.25, 0.3) is 5.91 Å². The minimum atomic E-state index is -1.05. The van der Waals surface area contributed by atoms with E-state index in [4.69, 9.17) is 15.1 Å². The maximum atomic E-state index is 10.9. The number of rotatable bonds is 6. The number of carbonyl (C=O) groups excluding carboxylic acids is 1. The molecule has 7 nitrogen and oxygen atoms in total. The number of hydrazone groups is 1. The predicted molar refractivity (Wildman–Crippen MR) is 70.1 cm³/mol. The van der Waals surface area contributed by atoms with Crippen molar-refractivity contribution in [2.45, 2.75) is 19.4 Å². The monoisotopic (exact) mass is 275 g/mol. The van der Waals surface area contributed by atoms with E-state index >= 15 is 0 Å². The molecule has 2 N–H and O–H groups in total. The Hall–Kier alpha value is -2.88. The van der Waals surface area contributed by atoms with Crippen molar-refractivity contribution in [2.24, 2.45) is 5.10 Å². The van der Waals surface area contributed by atoms with Crippen molar-refractivity contribution >= 4 is 18.1 Å². The van der Waals surface area contributed by atoms with E-state index in [0.717, 1.165) is 0 Å². The van der Waals surface area contributed by atoms with E-state index in [9.17, 15) is 9.59 Å². The van der Waals surface area contributed by atoms with Crippen LogP contribution in [0.25, 0.3) is 0 Å².